The summed E-state index contributed by atoms with van der Waals surface area (Å²) >= 11 is 5.96. The fourth-order valence-electron chi connectivity index (χ4n) is 3.06. The Hall–Kier alpha value is -2.37. The maximum Gasteiger partial charge on any atom is 0.254 e. The first-order valence-electron chi connectivity index (χ1n) is 9.06. The molecule has 1 aliphatic heterocycles. The van der Waals surface area contributed by atoms with Crippen LogP contribution in [0.3, 0.4) is 0 Å². The van der Waals surface area contributed by atoms with Crippen LogP contribution in [-0.4, -0.2) is 42.5 Å². The molecule has 0 bridgehead atoms. The van der Waals surface area contributed by atoms with Gasteiger partial charge in [-0.1, -0.05) is 23.7 Å². The molecule has 2 aromatic rings. The minimum Gasteiger partial charge on any atom is -0.375 e. The highest BCUT2D eigenvalue weighted by molar-refractivity contribution is 6.30. The summed E-state index contributed by atoms with van der Waals surface area (Å²) in [7, 11) is 0. The molecule has 1 unspecified atom stereocenters. The molecular weight excluding hydrogens is 364 g/mol. The van der Waals surface area contributed by atoms with Gasteiger partial charge in [0.2, 0.25) is 5.91 Å². The van der Waals surface area contributed by atoms with Crippen LogP contribution in [0.2, 0.25) is 5.02 Å². The van der Waals surface area contributed by atoms with Gasteiger partial charge in [-0.25, -0.2) is 0 Å². The van der Waals surface area contributed by atoms with E-state index in [1.807, 2.05) is 31.2 Å². The molecule has 0 radical (unpaired) electrons. The highest BCUT2D eigenvalue weighted by Gasteiger charge is 2.22. The number of rotatable bonds is 5. The molecule has 6 heteroatoms. The standard InChI is InChI=1S/C21H23ClN2O3/c1-15-14-24(11-12-27-15)21(26)17-6-8-19(9-7-17)23-20(25)10-5-16-3-2-4-18(22)13-16/h2-4,6-9,13,15H,5,10-12,14H2,1H3,(H,23,25). The van der Waals surface area contributed by atoms with Crippen molar-refractivity contribution in [1.82, 2.24) is 4.90 Å². The van der Waals surface area contributed by atoms with E-state index < -0.39 is 0 Å². The zero-order chi connectivity index (χ0) is 19.2. The van der Waals surface area contributed by atoms with Crippen molar-refractivity contribution in [1.29, 1.82) is 0 Å². The molecule has 1 N–H and O–H groups in total. The molecule has 2 amide bonds. The van der Waals surface area contributed by atoms with Crippen molar-refractivity contribution in [2.24, 2.45) is 0 Å². The van der Waals surface area contributed by atoms with Gasteiger partial charge in [0.15, 0.2) is 0 Å². The molecule has 1 aliphatic rings. The van der Waals surface area contributed by atoms with Crippen LogP contribution in [0.15, 0.2) is 48.5 Å². The SMILES string of the molecule is CC1CN(C(=O)c2ccc(NC(=O)CCc3cccc(Cl)c3)cc2)CCO1. The van der Waals surface area contributed by atoms with E-state index in [2.05, 4.69) is 5.32 Å². The number of amides is 2. The van der Waals surface area contributed by atoms with E-state index in [4.69, 9.17) is 16.3 Å². The number of aryl methyl sites for hydroxylation is 1. The number of hydrogen-bond donors (Lipinski definition) is 1. The summed E-state index contributed by atoms with van der Waals surface area (Å²) in [6, 6.07) is 14.5. The van der Waals surface area contributed by atoms with Crippen LogP contribution in [0, 0.1) is 0 Å². The topological polar surface area (TPSA) is 58.6 Å². The zero-order valence-corrected chi connectivity index (χ0v) is 16.0. The molecular formula is C21H23ClN2O3. The number of hydrogen-bond acceptors (Lipinski definition) is 3. The fourth-order valence-corrected chi connectivity index (χ4v) is 3.27. The second-order valence-electron chi connectivity index (χ2n) is 6.69. The third-order valence-electron chi connectivity index (χ3n) is 4.47. The highest BCUT2D eigenvalue weighted by Crippen LogP contribution is 2.15. The first kappa shape index (κ1) is 19.4. The molecule has 0 aliphatic carbocycles. The molecule has 1 atom stereocenters. The van der Waals surface area contributed by atoms with E-state index in [0.717, 1.165) is 5.56 Å². The number of morpholine rings is 1. The van der Waals surface area contributed by atoms with Crippen LogP contribution in [0.4, 0.5) is 5.69 Å². The van der Waals surface area contributed by atoms with Gasteiger partial charge in [0, 0.05) is 35.8 Å². The lowest BCUT2D eigenvalue weighted by molar-refractivity contribution is -0.116. The number of ether oxygens (including phenoxy) is 1. The van der Waals surface area contributed by atoms with Crippen molar-refractivity contribution in [2.75, 3.05) is 25.0 Å². The van der Waals surface area contributed by atoms with Crippen LogP contribution in [0.25, 0.3) is 0 Å². The Morgan fingerprint density at radius 2 is 2.00 bits per heavy atom. The van der Waals surface area contributed by atoms with E-state index >= 15 is 0 Å². The van der Waals surface area contributed by atoms with Gasteiger partial charge >= 0.3 is 0 Å². The van der Waals surface area contributed by atoms with Crippen molar-refractivity contribution < 1.29 is 14.3 Å². The predicted molar refractivity (Wildman–Crippen MR) is 106 cm³/mol. The number of nitrogens with one attached hydrogen (secondary N) is 1. The second kappa shape index (κ2) is 9.02. The summed E-state index contributed by atoms with van der Waals surface area (Å²) in [5.41, 5.74) is 2.32. The average molecular weight is 387 g/mol. The van der Waals surface area contributed by atoms with Gasteiger partial charge in [-0.15, -0.1) is 0 Å². The maximum absolute atomic E-state index is 12.5. The molecule has 0 aromatic heterocycles. The Labute approximate surface area is 164 Å². The Morgan fingerprint density at radius 3 is 2.70 bits per heavy atom. The number of benzene rings is 2. The quantitative estimate of drug-likeness (QED) is 0.850. The van der Waals surface area contributed by atoms with Crippen LogP contribution < -0.4 is 5.32 Å². The van der Waals surface area contributed by atoms with Gasteiger partial charge in [0.25, 0.3) is 5.91 Å². The van der Waals surface area contributed by atoms with Crippen molar-refractivity contribution in [3.8, 4) is 0 Å². The number of anilines is 1. The molecule has 1 saturated heterocycles. The van der Waals surface area contributed by atoms with E-state index in [1.165, 1.54) is 0 Å². The molecule has 0 spiro atoms. The highest BCUT2D eigenvalue weighted by atomic mass is 35.5. The van der Waals surface area contributed by atoms with Crippen molar-refractivity contribution in [3.05, 3.63) is 64.7 Å². The number of nitrogens with zero attached hydrogens (tertiary/aromatic N) is 1. The van der Waals surface area contributed by atoms with Gasteiger partial charge in [-0.2, -0.15) is 0 Å². The van der Waals surface area contributed by atoms with Gasteiger partial charge in [0.1, 0.15) is 0 Å². The first-order valence-corrected chi connectivity index (χ1v) is 9.44. The number of carbonyl (C=O) groups excluding carboxylic acids is 2. The summed E-state index contributed by atoms with van der Waals surface area (Å²) in [6.07, 6.45) is 1.05. The van der Waals surface area contributed by atoms with Crippen LogP contribution in [-0.2, 0) is 16.0 Å². The maximum atomic E-state index is 12.5. The molecule has 1 heterocycles. The first-order chi connectivity index (χ1) is 13.0. The Kier molecular flexibility index (Phi) is 6.48. The second-order valence-corrected chi connectivity index (χ2v) is 7.12. The Bertz CT molecular complexity index is 807. The molecule has 1 fully saturated rings. The van der Waals surface area contributed by atoms with E-state index in [0.29, 0.717) is 48.8 Å². The third-order valence-corrected chi connectivity index (χ3v) is 4.71. The van der Waals surface area contributed by atoms with Crippen LogP contribution in [0.1, 0.15) is 29.3 Å². The summed E-state index contributed by atoms with van der Waals surface area (Å²) in [5.74, 6) is -0.0833. The Balaban J connectivity index is 1.52. The molecule has 0 saturated carbocycles. The lowest BCUT2D eigenvalue weighted by Crippen LogP contribution is -2.44. The van der Waals surface area contributed by atoms with Gasteiger partial charge in [-0.05, 0) is 55.3 Å². The minimum absolute atomic E-state index is 0.0102. The third kappa shape index (κ3) is 5.55. The van der Waals surface area contributed by atoms with Gasteiger partial charge in [0.05, 0.1) is 12.7 Å². The molecule has 27 heavy (non-hydrogen) atoms. The van der Waals surface area contributed by atoms with E-state index in [1.54, 1.807) is 29.2 Å². The van der Waals surface area contributed by atoms with Gasteiger partial charge in [-0.3, -0.25) is 9.59 Å². The zero-order valence-electron chi connectivity index (χ0n) is 15.3. The fraction of sp³-hybridized carbons (Fsp3) is 0.333. The normalized spacial score (nSPS) is 16.8. The van der Waals surface area contributed by atoms with Crippen LogP contribution >= 0.6 is 11.6 Å². The lowest BCUT2D eigenvalue weighted by atomic mass is 10.1. The predicted octanol–water partition coefficient (Wildman–Crippen LogP) is 3.77. The van der Waals surface area contributed by atoms with E-state index in [9.17, 15) is 9.59 Å². The largest absolute Gasteiger partial charge is 0.375 e. The summed E-state index contributed by atoms with van der Waals surface area (Å²) in [4.78, 5) is 26.5. The van der Waals surface area contributed by atoms with Crippen LogP contribution in [0.5, 0.6) is 0 Å². The average Bonchev–Trinajstić information content (AvgIpc) is 2.66. The monoisotopic (exact) mass is 386 g/mol. The molecule has 2 aromatic carbocycles. The van der Waals surface area contributed by atoms with Crippen molar-refractivity contribution in [3.63, 3.8) is 0 Å². The molecule has 3 rings (SSSR count). The number of carbonyl (C=O) groups is 2. The Morgan fingerprint density at radius 1 is 1.22 bits per heavy atom. The van der Waals surface area contributed by atoms with Gasteiger partial charge < -0.3 is 15.0 Å². The number of halogens is 1. The summed E-state index contributed by atoms with van der Waals surface area (Å²) in [5, 5.41) is 3.53. The smallest absolute Gasteiger partial charge is 0.254 e. The summed E-state index contributed by atoms with van der Waals surface area (Å²) < 4.78 is 5.47. The van der Waals surface area contributed by atoms with Crippen molar-refractivity contribution in [2.45, 2.75) is 25.9 Å². The summed E-state index contributed by atoms with van der Waals surface area (Å²) in [6.45, 7) is 3.72. The van der Waals surface area contributed by atoms with Crippen molar-refractivity contribution >= 4 is 29.1 Å². The lowest BCUT2D eigenvalue weighted by Gasteiger charge is -2.31. The van der Waals surface area contributed by atoms with E-state index in [-0.39, 0.29) is 17.9 Å². The minimum atomic E-state index is -0.0731. The molecule has 142 valence electrons. The molecule has 5 nitrogen and oxygen atoms in total.